The van der Waals surface area contributed by atoms with E-state index < -0.39 is 0 Å². The van der Waals surface area contributed by atoms with Crippen LogP contribution in [0.3, 0.4) is 0 Å². The lowest BCUT2D eigenvalue weighted by Gasteiger charge is -2.35. The molecule has 3 atom stereocenters. The van der Waals surface area contributed by atoms with Gasteiger partial charge in [-0.25, -0.2) is 0 Å². The van der Waals surface area contributed by atoms with Gasteiger partial charge >= 0.3 is 0 Å². The lowest BCUT2D eigenvalue weighted by molar-refractivity contribution is -0.124. The van der Waals surface area contributed by atoms with Crippen LogP contribution in [0.4, 0.5) is 0 Å². The van der Waals surface area contributed by atoms with Gasteiger partial charge in [-0.3, -0.25) is 9.69 Å². The van der Waals surface area contributed by atoms with Crippen molar-refractivity contribution in [3.8, 4) is 0 Å². The molecule has 2 rings (SSSR count). The summed E-state index contributed by atoms with van der Waals surface area (Å²) in [5.41, 5.74) is 0.0904. The summed E-state index contributed by atoms with van der Waals surface area (Å²) < 4.78 is 0. The van der Waals surface area contributed by atoms with Gasteiger partial charge in [0.05, 0.1) is 6.54 Å². The van der Waals surface area contributed by atoms with Crippen LogP contribution in [0.2, 0.25) is 0 Å². The zero-order valence-corrected chi connectivity index (χ0v) is 11.5. The maximum Gasteiger partial charge on any atom is 0.234 e. The van der Waals surface area contributed by atoms with Crippen molar-refractivity contribution in [1.82, 2.24) is 10.2 Å². The molecule has 0 spiro atoms. The minimum absolute atomic E-state index is 0.0904. The van der Waals surface area contributed by atoms with Crippen molar-refractivity contribution < 1.29 is 4.79 Å². The molecule has 0 unspecified atom stereocenters. The Kier molecular flexibility index (Phi) is 3.76. The predicted octanol–water partition coefficient (Wildman–Crippen LogP) is 2.02. The van der Waals surface area contributed by atoms with E-state index in [4.69, 9.17) is 0 Å². The number of rotatable bonds is 5. The van der Waals surface area contributed by atoms with Crippen LogP contribution in [0, 0.1) is 11.8 Å². The zero-order chi connectivity index (χ0) is 12.5. The third-order valence-electron chi connectivity index (χ3n) is 4.84. The molecule has 2 aliphatic carbocycles. The summed E-state index contributed by atoms with van der Waals surface area (Å²) >= 11 is 0. The fourth-order valence-corrected chi connectivity index (χ4v) is 3.77. The molecule has 0 aliphatic heterocycles. The minimum atomic E-state index is 0.0904. The van der Waals surface area contributed by atoms with Crippen LogP contribution in [-0.2, 0) is 4.79 Å². The molecule has 0 aromatic heterocycles. The number of nitrogens with one attached hydrogen (secondary N) is 1. The fraction of sp³-hybridized carbons (Fsp3) is 0.929. The average Bonchev–Trinajstić information content (AvgIpc) is 2.85. The van der Waals surface area contributed by atoms with E-state index >= 15 is 0 Å². The van der Waals surface area contributed by atoms with E-state index in [9.17, 15) is 4.79 Å². The Hall–Kier alpha value is -0.570. The fourth-order valence-electron chi connectivity index (χ4n) is 3.77. The zero-order valence-electron chi connectivity index (χ0n) is 11.5. The summed E-state index contributed by atoms with van der Waals surface area (Å²) in [5.74, 6) is 1.82. The van der Waals surface area contributed by atoms with Gasteiger partial charge in [-0.2, -0.15) is 0 Å². The molecule has 2 bridgehead atoms. The first-order valence-electron chi connectivity index (χ1n) is 7.10. The van der Waals surface area contributed by atoms with Gasteiger partial charge in [0.2, 0.25) is 5.91 Å². The van der Waals surface area contributed by atoms with Crippen LogP contribution in [0.25, 0.3) is 0 Å². The molecule has 2 aliphatic rings. The van der Waals surface area contributed by atoms with Gasteiger partial charge in [0.25, 0.3) is 0 Å². The lowest BCUT2D eigenvalue weighted by Crippen LogP contribution is -2.52. The summed E-state index contributed by atoms with van der Waals surface area (Å²) in [6.07, 6.45) is 5.22. The summed E-state index contributed by atoms with van der Waals surface area (Å²) in [4.78, 5) is 14.2. The quantitative estimate of drug-likeness (QED) is 0.795. The molecule has 3 nitrogen and oxygen atoms in total. The van der Waals surface area contributed by atoms with E-state index in [-0.39, 0.29) is 11.4 Å². The number of hydrogen-bond donors (Lipinski definition) is 1. The van der Waals surface area contributed by atoms with E-state index in [2.05, 4.69) is 31.0 Å². The third-order valence-corrected chi connectivity index (χ3v) is 4.84. The Morgan fingerprint density at radius 3 is 2.53 bits per heavy atom. The van der Waals surface area contributed by atoms with Crippen LogP contribution in [0.15, 0.2) is 0 Å². The van der Waals surface area contributed by atoms with Gasteiger partial charge in [0.1, 0.15) is 0 Å². The van der Waals surface area contributed by atoms with Gasteiger partial charge in [-0.1, -0.05) is 13.8 Å². The first-order chi connectivity index (χ1) is 8.07. The SMILES string of the molecule is CCN(CC)CC(=O)N[C@@]1(C)C[C@H]2CC[C@H]1C2. The molecule has 0 aromatic carbocycles. The highest BCUT2D eigenvalue weighted by atomic mass is 16.2. The van der Waals surface area contributed by atoms with Gasteiger partial charge in [-0.05, 0) is 57.5 Å². The van der Waals surface area contributed by atoms with Crippen LogP contribution in [0.1, 0.15) is 46.5 Å². The number of amides is 1. The number of hydrogen-bond acceptors (Lipinski definition) is 2. The molecular weight excluding hydrogens is 212 g/mol. The monoisotopic (exact) mass is 238 g/mol. The van der Waals surface area contributed by atoms with Crippen LogP contribution >= 0.6 is 0 Å². The van der Waals surface area contributed by atoms with Crippen molar-refractivity contribution >= 4 is 5.91 Å². The average molecular weight is 238 g/mol. The molecule has 0 heterocycles. The van der Waals surface area contributed by atoms with Crippen molar-refractivity contribution in [3.63, 3.8) is 0 Å². The molecule has 2 saturated carbocycles. The number of nitrogens with zero attached hydrogens (tertiary/aromatic N) is 1. The summed E-state index contributed by atoms with van der Waals surface area (Å²) in [6, 6.07) is 0. The van der Waals surface area contributed by atoms with Crippen molar-refractivity contribution in [2.75, 3.05) is 19.6 Å². The molecule has 1 N–H and O–H groups in total. The maximum absolute atomic E-state index is 12.1. The van der Waals surface area contributed by atoms with Crippen LogP contribution in [-0.4, -0.2) is 36.0 Å². The smallest absolute Gasteiger partial charge is 0.234 e. The van der Waals surface area contributed by atoms with E-state index in [1.165, 1.54) is 25.7 Å². The molecule has 17 heavy (non-hydrogen) atoms. The second kappa shape index (κ2) is 4.97. The Labute approximate surface area is 105 Å². The third kappa shape index (κ3) is 2.65. The first-order valence-corrected chi connectivity index (χ1v) is 7.10. The van der Waals surface area contributed by atoms with E-state index in [0.29, 0.717) is 6.54 Å². The summed E-state index contributed by atoms with van der Waals surface area (Å²) in [7, 11) is 0. The maximum atomic E-state index is 12.1. The largest absolute Gasteiger partial charge is 0.350 e. The summed E-state index contributed by atoms with van der Waals surface area (Å²) in [5, 5.41) is 3.31. The van der Waals surface area contributed by atoms with Gasteiger partial charge in [0.15, 0.2) is 0 Å². The van der Waals surface area contributed by atoms with E-state index in [1.807, 2.05) is 0 Å². The Morgan fingerprint density at radius 1 is 1.35 bits per heavy atom. The lowest BCUT2D eigenvalue weighted by atomic mass is 9.82. The van der Waals surface area contributed by atoms with Crippen LogP contribution < -0.4 is 5.32 Å². The molecule has 2 fully saturated rings. The van der Waals surface area contributed by atoms with E-state index in [1.54, 1.807) is 0 Å². The van der Waals surface area contributed by atoms with Crippen molar-refractivity contribution in [2.24, 2.45) is 11.8 Å². The second-order valence-electron chi connectivity index (χ2n) is 6.01. The van der Waals surface area contributed by atoms with Gasteiger partial charge in [-0.15, -0.1) is 0 Å². The molecule has 98 valence electrons. The summed E-state index contributed by atoms with van der Waals surface area (Å²) in [6.45, 7) is 8.92. The van der Waals surface area contributed by atoms with Crippen molar-refractivity contribution in [2.45, 2.75) is 52.0 Å². The molecule has 1 amide bonds. The Bertz CT molecular complexity index is 288. The highest BCUT2D eigenvalue weighted by Crippen LogP contribution is 2.50. The predicted molar refractivity (Wildman–Crippen MR) is 69.8 cm³/mol. The second-order valence-corrected chi connectivity index (χ2v) is 6.01. The normalized spacial score (nSPS) is 35.5. The molecular formula is C14H26N2O. The van der Waals surface area contributed by atoms with Crippen LogP contribution in [0.5, 0.6) is 0 Å². The topological polar surface area (TPSA) is 32.3 Å². The van der Waals surface area contributed by atoms with E-state index in [0.717, 1.165) is 24.9 Å². The highest BCUT2D eigenvalue weighted by molar-refractivity contribution is 5.79. The Balaban J connectivity index is 1.86. The van der Waals surface area contributed by atoms with Crippen molar-refractivity contribution in [1.29, 1.82) is 0 Å². The molecule has 0 radical (unpaired) electrons. The first kappa shape index (κ1) is 12.9. The standard InChI is InChI=1S/C14H26N2O/c1-4-16(5-2)10-13(17)15-14(3)9-11-6-7-12(14)8-11/h11-12H,4-10H2,1-3H3,(H,15,17)/t11-,12-,14-/m0/s1. The van der Waals surface area contributed by atoms with Crippen molar-refractivity contribution in [3.05, 3.63) is 0 Å². The molecule has 0 aromatic rings. The van der Waals surface area contributed by atoms with Gasteiger partial charge < -0.3 is 5.32 Å². The highest BCUT2D eigenvalue weighted by Gasteiger charge is 2.48. The number of carbonyl (C=O) groups is 1. The minimum Gasteiger partial charge on any atom is -0.350 e. The number of carbonyl (C=O) groups excluding carboxylic acids is 1. The molecule has 3 heteroatoms. The number of likely N-dealkylation sites (N-methyl/N-ethyl adjacent to an activating group) is 1. The Morgan fingerprint density at radius 2 is 2.06 bits per heavy atom. The van der Waals surface area contributed by atoms with Gasteiger partial charge in [0, 0.05) is 5.54 Å². The molecule has 0 saturated heterocycles. The number of fused-ring (bicyclic) bond motifs is 2.